The fourth-order valence-corrected chi connectivity index (χ4v) is 6.09. The summed E-state index contributed by atoms with van der Waals surface area (Å²) in [6, 6.07) is 11.7. The number of aromatic amines is 1. The molecule has 9 nitrogen and oxygen atoms in total. The SMILES string of the molecule is CN(C)c1ccc2c(n1)[C@H](OC(=O)N1CCC(n3c(=O)[nH]c4ncccc43)CC1)CC[C@@H](c1cccc(F)c1F)C2. The number of piperidine rings is 1. The number of hydrogen-bond acceptors (Lipinski definition) is 6. The molecule has 2 atom stereocenters. The van der Waals surface area contributed by atoms with Crippen molar-refractivity contribution in [1.29, 1.82) is 0 Å². The van der Waals surface area contributed by atoms with Gasteiger partial charge in [0.2, 0.25) is 0 Å². The van der Waals surface area contributed by atoms with Crippen molar-refractivity contribution in [2.75, 3.05) is 32.1 Å². The number of nitrogens with zero attached hydrogens (tertiary/aromatic N) is 5. The maximum atomic E-state index is 14.7. The zero-order valence-electron chi connectivity index (χ0n) is 23.0. The molecule has 0 saturated carbocycles. The molecule has 1 aliphatic carbocycles. The molecule has 214 valence electrons. The Balaban J connectivity index is 1.20. The molecule has 1 N–H and O–H groups in total. The van der Waals surface area contributed by atoms with Gasteiger partial charge in [-0.1, -0.05) is 18.2 Å². The fourth-order valence-electron chi connectivity index (χ4n) is 6.09. The van der Waals surface area contributed by atoms with Crippen LogP contribution < -0.4 is 10.6 Å². The smallest absolute Gasteiger partial charge is 0.410 e. The van der Waals surface area contributed by atoms with Crippen molar-refractivity contribution in [2.24, 2.45) is 0 Å². The van der Waals surface area contributed by atoms with Gasteiger partial charge in [0.1, 0.15) is 11.9 Å². The molecule has 0 unspecified atom stereocenters. The van der Waals surface area contributed by atoms with E-state index in [1.54, 1.807) is 27.8 Å². The number of nitrogens with one attached hydrogen (secondary N) is 1. The van der Waals surface area contributed by atoms with Crippen LogP contribution in [0.2, 0.25) is 0 Å². The van der Waals surface area contributed by atoms with E-state index in [1.807, 2.05) is 37.2 Å². The minimum atomic E-state index is -0.870. The highest BCUT2D eigenvalue weighted by Crippen LogP contribution is 2.39. The number of amides is 1. The first-order valence-corrected chi connectivity index (χ1v) is 13.9. The largest absolute Gasteiger partial charge is 0.440 e. The summed E-state index contributed by atoms with van der Waals surface area (Å²) in [5, 5.41) is 0. The van der Waals surface area contributed by atoms with Crippen LogP contribution >= 0.6 is 0 Å². The molecule has 6 rings (SSSR count). The lowest BCUT2D eigenvalue weighted by atomic mass is 9.90. The first-order valence-electron chi connectivity index (χ1n) is 13.9. The Bertz CT molecular complexity index is 1640. The van der Waals surface area contributed by atoms with Gasteiger partial charge in [0.05, 0.1) is 11.2 Å². The Hall–Kier alpha value is -4.28. The van der Waals surface area contributed by atoms with Crippen molar-refractivity contribution in [2.45, 2.75) is 50.2 Å². The molecule has 0 bridgehead atoms. The van der Waals surface area contributed by atoms with E-state index in [0.29, 0.717) is 62.1 Å². The van der Waals surface area contributed by atoms with Crippen molar-refractivity contribution in [3.8, 4) is 0 Å². The number of ether oxygens (including phenoxy) is 1. The number of anilines is 1. The first-order chi connectivity index (χ1) is 19.8. The van der Waals surface area contributed by atoms with Gasteiger partial charge in [-0.25, -0.2) is 28.3 Å². The number of benzene rings is 1. The van der Waals surface area contributed by atoms with E-state index in [0.717, 1.165) is 23.0 Å². The maximum absolute atomic E-state index is 14.7. The van der Waals surface area contributed by atoms with Crippen molar-refractivity contribution in [1.82, 2.24) is 24.4 Å². The molecule has 1 aliphatic heterocycles. The van der Waals surface area contributed by atoms with Crippen LogP contribution in [0.25, 0.3) is 11.2 Å². The number of halogens is 2. The van der Waals surface area contributed by atoms with Crippen LogP contribution in [0.3, 0.4) is 0 Å². The van der Waals surface area contributed by atoms with Crippen LogP contribution in [0.5, 0.6) is 0 Å². The average molecular weight is 563 g/mol. The molecule has 1 fully saturated rings. The van der Waals surface area contributed by atoms with E-state index in [1.165, 1.54) is 6.07 Å². The van der Waals surface area contributed by atoms with Crippen molar-refractivity contribution >= 4 is 23.1 Å². The molecule has 11 heteroatoms. The summed E-state index contributed by atoms with van der Waals surface area (Å²) in [6.07, 6.45) is 3.16. The van der Waals surface area contributed by atoms with Gasteiger partial charge in [-0.2, -0.15) is 0 Å². The Kier molecular flexibility index (Phi) is 7.19. The van der Waals surface area contributed by atoms with Gasteiger partial charge in [0, 0.05) is 39.4 Å². The molecule has 1 saturated heterocycles. The van der Waals surface area contributed by atoms with E-state index < -0.39 is 23.8 Å². The second-order valence-electron chi connectivity index (χ2n) is 11.0. The summed E-state index contributed by atoms with van der Waals surface area (Å²) >= 11 is 0. The molecule has 0 spiro atoms. The summed E-state index contributed by atoms with van der Waals surface area (Å²) in [5.74, 6) is -1.26. The molecule has 41 heavy (non-hydrogen) atoms. The van der Waals surface area contributed by atoms with Crippen LogP contribution in [-0.2, 0) is 11.2 Å². The Morgan fingerprint density at radius 1 is 1.05 bits per heavy atom. The Labute approximate surface area is 235 Å². The van der Waals surface area contributed by atoms with Gasteiger partial charge in [-0.3, -0.25) is 9.55 Å². The molecule has 1 amide bonds. The summed E-state index contributed by atoms with van der Waals surface area (Å²) in [7, 11) is 3.77. The summed E-state index contributed by atoms with van der Waals surface area (Å²) in [6.45, 7) is 0.871. The highest BCUT2D eigenvalue weighted by atomic mass is 19.2. The number of imidazole rings is 1. The molecule has 4 aromatic rings. The number of pyridine rings is 2. The van der Waals surface area contributed by atoms with Crippen LogP contribution in [0.1, 0.15) is 60.6 Å². The number of rotatable bonds is 4. The summed E-state index contributed by atoms with van der Waals surface area (Å²) in [4.78, 5) is 41.4. The van der Waals surface area contributed by atoms with Crippen molar-refractivity contribution < 1.29 is 18.3 Å². The van der Waals surface area contributed by atoms with Crippen molar-refractivity contribution in [3.05, 3.63) is 87.6 Å². The minimum absolute atomic E-state index is 0.0608. The number of carbonyl (C=O) groups excluding carboxylic acids is 1. The lowest BCUT2D eigenvalue weighted by Gasteiger charge is -2.33. The van der Waals surface area contributed by atoms with Gasteiger partial charge >= 0.3 is 11.8 Å². The van der Waals surface area contributed by atoms with Gasteiger partial charge in [-0.15, -0.1) is 0 Å². The topological polar surface area (TPSA) is 96.4 Å². The third-order valence-electron chi connectivity index (χ3n) is 8.25. The quantitative estimate of drug-likeness (QED) is 0.348. The minimum Gasteiger partial charge on any atom is -0.440 e. The van der Waals surface area contributed by atoms with Crippen LogP contribution in [0.4, 0.5) is 19.4 Å². The maximum Gasteiger partial charge on any atom is 0.410 e. The third kappa shape index (κ3) is 5.16. The number of carbonyl (C=O) groups is 1. The molecule has 0 radical (unpaired) electrons. The lowest BCUT2D eigenvalue weighted by Crippen LogP contribution is -2.41. The predicted octanol–water partition coefficient (Wildman–Crippen LogP) is 5.10. The highest BCUT2D eigenvalue weighted by Gasteiger charge is 2.33. The zero-order chi connectivity index (χ0) is 28.7. The van der Waals surface area contributed by atoms with E-state index >= 15 is 0 Å². The first kappa shape index (κ1) is 26.9. The summed E-state index contributed by atoms with van der Waals surface area (Å²) < 4.78 is 36.6. The third-order valence-corrected chi connectivity index (χ3v) is 8.25. The van der Waals surface area contributed by atoms with Crippen molar-refractivity contribution in [3.63, 3.8) is 0 Å². The lowest BCUT2D eigenvalue weighted by molar-refractivity contribution is 0.0473. The monoisotopic (exact) mass is 562 g/mol. The molecule has 2 aliphatic rings. The standard InChI is InChI=1S/C30H32F2N6O3/c1-36(2)25-11-9-19-17-18(21-5-3-6-22(31)26(21)32)8-10-24(27(19)34-25)41-30(40)37-15-12-20(13-16-37)38-23-7-4-14-33-28(23)35-29(38)39/h3-7,9,11,14,18,20,24H,8,10,12-13,15-17H2,1-2H3,(H,33,35,39)/t18-,24-/m1/s1. The highest BCUT2D eigenvalue weighted by molar-refractivity contribution is 5.70. The van der Waals surface area contributed by atoms with Crippen LogP contribution in [0, 0.1) is 11.6 Å². The van der Waals surface area contributed by atoms with E-state index in [9.17, 15) is 18.4 Å². The van der Waals surface area contributed by atoms with Gasteiger partial charge in [-0.05, 0) is 73.4 Å². The number of likely N-dealkylation sites (tertiary alicyclic amines) is 1. The molecular formula is C30H32F2N6O3. The predicted molar refractivity (Wildman–Crippen MR) is 150 cm³/mol. The average Bonchev–Trinajstić information content (AvgIpc) is 3.20. The van der Waals surface area contributed by atoms with Gasteiger partial charge in [0.25, 0.3) is 0 Å². The second-order valence-corrected chi connectivity index (χ2v) is 11.0. The Morgan fingerprint density at radius 2 is 1.85 bits per heavy atom. The van der Waals surface area contributed by atoms with E-state index in [-0.39, 0.29) is 17.6 Å². The number of fused-ring (bicyclic) bond motifs is 2. The summed E-state index contributed by atoms with van der Waals surface area (Å²) in [5.41, 5.74) is 2.92. The molecule has 3 aromatic heterocycles. The second kappa shape index (κ2) is 10.9. The van der Waals surface area contributed by atoms with Gasteiger partial charge < -0.3 is 14.5 Å². The zero-order valence-corrected chi connectivity index (χ0v) is 23.0. The molecular weight excluding hydrogens is 530 g/mol. The molecule has 4 heterocycles. The van der Waals surface area contributed by atoms with Crippen LogP contribution in [0.15, 0.2) is 53.5 Å². The fraction of sp³-hybridized carbons (Fsp3) is 0.400. The number of aromatic nitrogens is 4. The van der Waals surface area contributed by atoms with E-state index in [4.69, 9.17) is 9.72 Å². The number of hydrogen-bond donors (Lipinski definition) is 1. The molecule has 1 aromatic carbocycles. The van der Waals surface area contributed by atoms with E-state index in [2.05, 4.69) is 9.97 Å². The normalized spacial score (nSPS) is 19.6. The van der Waals surface area contributed by atoms with Crippen LogP contribution in [-0.4, -0.2) is 57.7 Å². The number of H-pyrrole nitrogens is 1. The van der Waals surface area contributed by atoms with Gasteiger partial charge in [0.15, 0.2) is 17.3 Å². The Morgan fingerprint density at radius 3 is 2.63 bits per heavy atom.